The SMILES string of the molecule is CCCCNC(CO)c1ccccc1Cl. The lowest BCUT2D eigenvalue weighted by atomic mass is 10.1. The minimum atomic E-state index is -0.0507. The number of rotatable bonds is 6. The molecule has 1 unspecified atom stereocenters. The van der Waals surface area contributed by atoms with Crippen LogP contribution in [-0.2, 0) is 0 Å². The molecule has 1 atom stereocenters. The molecular formula is C12H18ClNO. The fourth-order valence-corrected chi connectivity index (χ4v) is 1.75. The van der Waals surface area contributed by atoms with Crippen LogP contribution in [0.15, 0.2) is 24.3 Å². The molecule has 0 spiro atoms. The van der Waals surface area contributed by atoms with Crippen LogP contribution in [-0.4, -0.2) is 18.3 Å². The molecule has 0 aromatic heterocycles. The van der Waals surface area contributed by atoms with E-state index < -0.39 is 0 Å². The smallest absolute Gasteiger partial charge is 0.0627 e. The summed E-state index contributed by atoms with van der Waals surface area (Å²) >= 11 is 6.06. The van der Waals surface area contributed by atoms with E-state index >= 15 is 0 Å². The third-order valence-corrected chi connectivity index (χ3v) is 2.73. The van der Waals surface area contributed by atoms with Crippen molar-refractivity contribution in [3.8, 4) is 0 Å². The molecule has 0 aliphatic carbocycles. The molecule has 1 aromatic rings. The van der Waals surface area contributed by atoms with E-state index in [1.165, 1.54) is 0 Å². The Morgan fingerprint density at radius 3 is 2.73 bits per heavy atom. The fourth-order valence-electron chi connectivity index (χ4n) is 1.48. The molecule has 15 heavy (non-hydrogen) atoms. The lowest BCUT2D eigenvalue weighted by Gasteiger charge is -2.17. The van der Waals surface area contributed by atoms with Gasteiger partial charge in [-0.05, 0) is 24.6 Å². The van der Waals surface area contributed by atoms with E-state index in [2.05, 4.69) is 12.2 Å². The highest BCUT2D eigenvalue weighted by molar-refractivity contribution is 6.31. The van der Waals surface area contributed by atoms with Crippen LogP contribution in [0.3, 0.4) is 0 Å². The van der Waals surface area contributed by atoms with Gasteiger partial charge in [0.25, 0.3) is 0 Å². The van der Waals surface area contributed by atoms with Crippen molar-refractivity contribution in [1.82, 2.24) is 5.32 Å². The van der Waals surface area contributed by atoms with Gasteiger partial charge in [0.1, 0.15) is 0 Å². The number of hydrogen-bond acceptors (Lipinski definition) is 2. The van der Waals surface area contributed by atoms with E-state index in [0.29, 0.717) is 5.02 Å². The summed E-state index contributed by atoms with van der Waals surface area (Å²) in [5, 5.41) is 13.3. The van der Waals surface area contributed by atoms with Crippen molar-refractivity contribution in [2.75, 3.05) is 13.2 Å². The van der Waals surface area contributed by atoms with E-state index in [9.17, 15) is 5.11 Å². The molecule has 0 heterocycles. The van der Waals surface area contributed by atoms with Crippen molar-refractivity contribution in [3.05, 3.63) is 34.9 Å². The first-order valence-corrected chi connectivity index (χ1v) is 5.76. The van der Waals surface area contributed by atoms with Crippen molar-refractivity contribution < 1.29 is 5.11 Å². The molecule has 84 valence electrons. The first-order chi connectivity index (χ1) is 7.29. The van der Waals surface area contributed by atoms with Gasteiger partial charge in [-0.25, -0.2) is 0 Å². The van der Waals surface area contributed by atoms with Crippen LogP contribution in [0.1, 0.15) is 31.4 Å². The Labute approximate surface area is 96.3 Å². The first kappa shape index (κ1) is 12.5. The Hall–Kier alpha value is -0.570. The second-order valence-corrected chi connectivity index (χ2v) is 3.97. The molecule has 1 rings (SSSR count). The summed E-state index contributed by atoms with van der Waals surface area (Å²) in [6.45, 7) is 3.13. The van der Waals surface area contributed by atoms with Crippen LogP contribution in [0.25, 0.3) is 0 Å². The second kappa shape index (κ2) is 6.83. The van der Waals surface area contributed by atoms with Gasteiger partial charge in [-0.2, -0.15) is 0 Å². The quantitative estimate of drug-likeness (QED) is 0.733. The molecule has 0 amide bonds. The minimum absolute atomic E-state index is 0.0507. The van der Waals surface area contributed by atoms with E-state index in [4.69, 9.17) is 11.6 Å². The Balaban J connectivity index is 2.61. The Morgan fingerprint density at radius 1 is 1.40 bits per heavy atom. The lowest BCUT2D eigenvalue weighted by Crippen LogP contribution is -2.25. The number of hydrogen-bond donors (Lipinski definition) is 2. The van der Waals surface area contributed by atoms with Gasteiger partial charge in [0, 0.05) is 5.02 Å². The molecule has 1 aromatic carbocycles. The molecule has 0 radical (unpaired) electrons. The molecule has 0 bridgehead atoms. The molecule has 2 N–H and O–H groups in total. The number of halogens is 1. The molecule has 0 saturated carbocycles. The maximum atomic E-state index is 9.28. The standard InChI is InChI=1S/C12H18ClNO/c1-2-3-8-14-12(9-15)10-6-4-5-7-11(10)13/h4-7,12,14-15H,2-3,8-9H2,1H3. The number of benzene rings is 1. The molecule has 3 heteroatoms. The third kappa shape index (κ3) is 3.82. The third-order valence-electron chi connectivity index (χ3n) is 2.38. The summed E-state index contributed by atoms with van der Waals surface area (Å²) in [5.41, 5.74) is 0.970. The molecule has 2 nitrogen and oxygen atoms in total. The van der Waals surface area contributed by atoms with Crippen LogP contribution >= 0.6 is 11.6 Å². The van der Waals surface area contributed by atoms with Gasteiger partial charge in [0.15, 0.2) is 0 Å². The highest BCUT2D eigenvalue weighted by atomic mass is 35.5. The van der Waals surface area contributed by atoms with Crippen LogP contribution in [0.5, 0.6) is 0 Å². The highest BCUT2D eigenvalue weighted by Gasteiger charge is 2.11. The molecule has 0 aliphatic rings. The zero-order chi connectivity index (χ0) is 11.1. The van der Waals surface area contributed by atoms with Gasteiger partial charge >= 0.3 is 0 Å². The van der Waals surface area contributed by atoms with Crippen molar-refractivity contribution in [1.29, 1.82) is 0 Å². The number of aliphatic hydroxyl groups is 1. The summed E-state index contributed by atoms with van der Waals surface area (Å²) in [6.07, 6.45) is 2.26. The molecule has 0 aliphatic heterocycles. The van der Waals surface area contributed by atoms with E-state index in [1.807, 2.05) is 24.3 Å². The molecule has 0 fully saturated rings. The Morgan fingerprint density at radius 2 is 2.13 bits per heavy atom. The van der Waals surface area contributed by atoms with E-state index in [0.717, 1.165) is 24.9 Å². The second-order valence-electron chi connectivity index (χ2n) is 3.56. The Bertz CT molecular complexity index is 291. The van der Waals surface area contributed by atoms with Crippen LogP contribution < -0.4 is 5.32 Å². The van der Waals surface area contributed by atoms with Gasteiger partial charge in [0.05, 0.1) is 12.6 Å². The average Bonchev–Trinajstić information content (AvgIpc) is 2.26. The van der Waals surface area contributed by atoms with Crippen molar-refractivity contribution in [2.24, 2.45) is 0 Å². The van der Waals surface area contributed by atoms with Crippen molar-refractivity contribution in [2.45, 2.75) is 25.8 Å². The normalized spacial score (nSPS) is 12.7. The van der Waals surface area contributed by atoms with Crippen LogP contribution in [0.2, 0.25) is 5.02 Å². The number of unbranched alkanes of at least 4 members (excludes halogenated alkanes) is 1. The maximum absolute atomic E-state index is 9.28. The molecule has 0 saturated heterocycles. The predicted molar refractivity (Wildman–Crippen MR) is 64.2 cm³/mol. The summed E-state index contributed by atoms with van der Waals surface area (Å²) < 4.78 is 0. The Kier molecular flexibility index (Phi) is 5.69. The zero-order valence-electron chi connectivity index (χ0n) is 9.04. The zero-order valence-corrected chi connectivity index (χ0v) is 9.80. The van der Waals surface area contributed by atoms with Gasteiger partial charge in [0.2, 0.25) is 0 Å². The van der Waals surface area contributed by atoms with Gasteiger partial charge in [-0.1, -0.05) is 43.1 Å². The number of nitrogens with one attached hydrogen (secondary N) is 1. The lowest BCUT2D eigenvalue weighted by molar-refractivity contribution is 0.244. The fraction of sp³-hybridized carbons (Fsp3) is 0.500. The van der Waals surface area contributed by atoms with Gasteiger partial charge in [-0.3, -0.25) is 0 Å². The average molecular weight is 228 g/mol. The van der Waals surface area contributed by atoms with Gasteiger partial charge in [-0.15, -0.1) is 0 Å². The van der Waals surface area contributed by atoms with Crippen molar-refractivity contribution in [3.63, 3.8) is 0 Å². The number of aliphatic hydroxyl groups excluding tert-OH is 1. The van der Waals surface area contributed by atoms with Crippen LogP contribution in [0, 0.1) is 0 Å². The predicted octanol–water partition coefficient (Wildman–Crippen LogP) is 2.76. The maximum Gasteiger partial charge on any atom is 0.0627 e. The van der Waals surface area contributed by atoms with E-state index in [1.54, 1.807) is 0 Å². The summed E-state index contributed by atoms with van der Waals surface area (Å²) in [5.74, 6) is 0. The summed E-state index contributed by atoms with van der Waals surface area (Å²) in [6, 6.07) is 7.58. The summed E-state index contributed by atoms with van der Waals surface area (Å²) in [7, 11) is 0. The van der Waals surface area contributed by atoms with Gasteiger partial charge < -0.3 is 10.4 Å². The monoisotopic (exact) mass is 227 g/mol. The highest BCUT2D eigenvalue weighted by Crippen LogP contribution is 2.22. The topological polar surface area (TPSA) is 32.3 Å². The minimum Gasteiger partial charge on any atom is -0.394 e. The van der Waals surface area contributed by atoms with Crippen molar-refractivity contribution >= 4 is 11.6 Å². The van der Waals surface area contributed by atoms with E-state index in [-0.39, 0.29) is 12.6 Å². The van der Waals surface area contributed by atoms with Crippen LogP contribution in [0.4, 0.5) is 0 Å². The summed E-state index contributed by atoms with van der Waals surface area (Å²) in [4.78, 5) is 0. The first-order valence-electron chi connectivity index (χ1n) is 5.38. The largest absolute Gasteiger partial charge is 0.394 e. The molecular weight excluding hydrogens is 210 g/mol.